The number of hydrogen-bond acceptors (Lipinski definition) is 10. The lowest BCUT2D eigenvalue weighted by molar-refractivity contribution is -0.661. The topological polar surface area (TPSA) is 149 Å². The number of hydrogen-bond donors (Lipinski definition) is 5. The summed E-state index contributed by atoms with van der Waals surface area (Å²) < 4.78 is 12.2. The molecule has 2 saturated carbocycles. The molecular formula is C41H48N3O7S2+. The molecule has 280 valence electrons. The van der Waals surface area contributed by atoms with E-state index in [0.717, 1.165) is 57.5 Å². The van der Waals surface area contributed by atoms with Gasteiger partial charge in [-0.1, -0.05) is 30.3 Å². The summed E-state index contributed by atoms with van der Waals surface area (Å²) in [5.74, 6) is 1.58. The molecule has 2 aliphatic carbocycles. The number of aliphatic hydroxyl groups excluding tert-OH is 1. The molecule has 0 aliphatic heterocycles. The molecule has 10 nitrogen and oxygen atoms in total. The number of aliphatic hydroxyl groups is 2. The number of carbonyl (C=O) groups excluding carboxylic acids is 1. The van der Waals surface area contributed by atoms with Crippen molar-refractivity contribution in [3.8, 4) is 11.5 Å². The van der Waals surface area contributed by atoms with Crippen LogP contribution in [0, 0.1) is 17.8 Å². The molecule has 0 spiro atoms. The third-order valence-corrected chi connectivity index (χ3v) is 13.0. The van der Waals surface area contributed by atoms with E-state index in [0.29, 0.717) is 57.1 Å². The minimum Gasteiger partial charge on any atom is -0.506 e. The van der Waals surface area contributed by atoms with Gasteiger partial charge in [-0.2, -0.15) is 0 Å². The maximum Gasteiger partial charge on any atom is 0.349 e. The minimum absolute atomic E-state index is 0.0174. The van der Waals surface area contributed by atoms with Crippen LogP contribution in [-0.2, 0) is 21.6 Å². The number of nitrogens with zero attached hydrogens (tertiary/aromatic N) is 1. The zero-order valence-corrected chi connectivity index (χ0v) is 31.5. The third kappa shape index (κ3) is 8.23. The highest BCUT2D eigenvalue weighted by molar-refractivity contribution is 7.12. The number of phenolic OH excluding ortho intramolecular Hbond substituents is 1. The number of aromatic amines is 1. The number of benzene rings is 2. The van der Waals surface area contributed by atoms with Gasteiger partial charge >= 0.3 is 5.97 Å². The van der Waals surface area contributed by atoms with Crippen LogP contribution in [0.1, 0.15) is 52.7 Å². The molecule has 5 aromatic rings. The normalized spacial score (nSPS) is 20.3. The van der Waals surface area contributed by atoms with E-state index in [1.54, 1.807) is 24.3 Å². The van der Waals surface area contributed by atoms with Crippen molar-refractivity contribution in [1.29, 1.82) is 0 Å². The Morgan fingerprint density at radius 3 is 2.51 bits per heavy atom. The first-order chi connectivity index (χ1) is 25.7. The van der Waals surface area contributed by atoms with E-state index in [2.05, 4.69) is 34.4 Å². The maximum absolute atomic E-state index is 13.6. The Morgan fingerprint density at radius 1 is 1.04 bits per heavy atom. The molecule has 0 radical (unpaired) electrons. The number of aromatic hydroxyl groups is 1. The summed E-state index contributed by atoms with van der Waals surface area (Å²) in [6.07, 6.45) is 3.92. The van der Waals surface area contributed by atoms with Crippen molar-refractivity contribution in [2.75, 3.05) is 39.8 Å². The lowest BCUT2D eigenvalue weighted by atomic mass is 9.95. The average Bonchev–Trinajstić information content (AvgIpc) is 4.00. The summed E-state index contributed by atoms with van der Waals surface area (Å²) in [4.78, 5) is 31.5. The van der Waals surface area contributed by atoms with Crippen molar-refractivity contribution in [2.45, 2.75) is 49.9 Å². The number of aromatic nitrogens is 1. The number of thiophene rings is 2. The molecule has 3 aromatic heterocycles. The van der Waals surface area contributed by atoms with Gasteiger partial charge in [0.2, 0.25) is 11.2 Å². The minimum atomic E-state index is -1.77. The van der Waals surface area contributed by atoms with Crippen molar-refractivity contribution in [3.05, 3.63) is 115 Å². The molecule has 5 atom stereocenters. The van der Waals surface area contributed by atoms with Gasteiger partial charge in [0.25, 0.3) is 0 Å². The molecule has 12 heteroatoms. The number of esters is 1. The molecule has 7 rings (SSSR count). The molecule has 3 heterocycles. The lowest BCUT2D eigenvalue weighted by Crippen LogP contribution is -2.85. The number of phenols is 1. The van der Waals surface area contributed by atoms with E-state index < -0.39 is 17.7 Å². The van der Waals surface area contributed by atoms with Gasteiger partial charge in [-0.05, 0) is 103 Å². The number of nitrogens with two attached hydrogens (primary N) is 1. The molecule has 2 bridgehead atoms. The van der Waals surface area contributed by atoms with Crippen LogP contribution < -0.4 is 15.6 Å². The average molecular weight is 759 g/mol. The van der Waals surface area contributed by atoms with E-state index in [1.165, 1.54) is 40.4 Å². The number of quaternary nitrogens is 1. The first kappa shape index (κ1) is 37.3. The Balaban J connectivity index is 0.811. The lowest BCUT2D eigenvalue weighted by Gasteiger charge is -2.29. The number of nitrogens with one attached hydrogen (secondary N) is 1. The van der Waals surface area contributed by atoms with Crippen molar-refractivity contribution in [1.82, 2.24) is 9.88 Å². The molecule has 2 aromatic carbocycles. The highest BCUT2D eigenvalue weighted by Gasteiger charge is 2.52. The monoisotopic (exact) mass is 758 g/mol. The summed E-state index contributed by atoms with van der Waals surface area (Å²) in [7, 11) is 2.16. The largest absolute Gasteiger partial charge is 0.506 e. The maximum atomic E-state index is 13.6. The molecule has 0 saturated heterocycles. The molecule has 4 unspecified atom stereocenters. The molecule has 53 heavy (non-hydrogen) atoms. The number of fused-ring (bicyclic) bond motifs is 3. The predicted octanol–water partition coefficient (Wildman–Crippen LogP) is 4.79. The Morgan fingerprint density at radius 2 is 1.79 bits per heavy atom. The highest BCUT2D eigenvalue weighted by Crippen LogP contribution is 2.51. The summed E-state index contributed by atoms with van der Waals surface area (Å²) in [6, 6.07) is 21.7. The van der Waals surface area contributed by atoms with Gasteiger partial charge in [0.1, 0.15) is 30.3 Å². The summed E-state index contributed by atoms with van der Waals surface area (Å²) >= 11 is 2.74. The van der Waals surface area contributed by atoms with Gasteiger partial charge in [0, 0.05) is 36.9 Å². The van der Waals surface area contributed by atoms with Crippen molar-refractivity contribution < 1.29 is 34.9 Å². The number of carbonyl (C=O) groups is 1. The number of ether oxygens (including phenoxy) is 2. The highest BCUT2D eigenvalue weighted by atomic mass is 32.1. The molecule has 6 N–H and O–H groups in total. The molecular weight excluding hydrogens is 711 g/mol. The van der Waals surface area contributed by atoms with Crippen molar-refractivity contribution in [3.63, 3.8) is 0 Å². The van der Waals surface area contributed by atoms with Crippen LogP contribution in [-0.4, -0.2) is 77.1 Å². The van der Waals surface area contributed by atoms with Crippen LogP contribution in [0.4, 0.5) is 0 Å². The molecule has 2 fully saturated rings. The van der Waals surface area contributed by atoms with E-state index in [4.69, 9.17) is 9.47 Å². The Bertz CT molecular complexity index is 1980. The Labute approximate surface area is 317 Å². The summed E-state index contributed by atoms with van der Waals surface area (Å²) in [5, 5.41) is 39.1. The molecule has 0 amide bonds. The second-order valence-corrected chi connectivity index (χ2v) is 16.4. The van der Waals surface area contributed by atoms with Crippen LogP contribution in [0.25, 0.3) is 10.9 Å². The van der Waals surface area contributed by atoms with Crippen LogP contribution >= 0.6 is 22.7 Å². The van der Waals surface area contributed by atoms with E-state index in [1.807, 2.05) is 35.0 Å². The number of rotatable bonds is 17. The fourth-order valence-electron chi connectivity index (χ4n) is 8.29. The summed E-state index contributed by atoms with van der Waals surface area (Å²) in [5.41, 5.74) is 0.132. The SMILES string of the molecule is CN(CCCOc1ccc(CC[NH2+]C[C@H](O)c2ccc(O)c3[nH]c(=O)ccc23)cc1)CC1C2CCC1C(OC(=O)C(O)(c1cccs1)c1cccs1)C2. The quantitative estimate of drug-likeness (QED) is 0.0672. The fraction of sp³-hybridized carbons (Fsp3) is 0.415. The Kier molecular flexibility index (Phi) is 11.6. The smallest absolute Gasteiger partial charge is 0.349 e. The first-order valence-electron chi connectivity index (χ1n) is 18.5. The van der Waals surface area contributed by atoms with Gasteiger partial charge in [0.15, 0.2) is 0 Å². The van der Waals surface area contributed by atoms with Crippen molar-refractivity contribution in [2.24, 2.45) is 17.8 Å². The van der Waals surface area contributed by atoms with Gasteiger partial charge in [-0.15, -0.1) is 22.7 Å². The van der Waals surface area contributed by atoms with Gasteiger partial charge in [-0.25, -0.2) is 4.79 Å². The van der Waals surface area contributed by atoms with E-state index >= 15 is 0 Å². The molecule has 2 aliphatic rings. The van der Waals surface area contributed by atoms with Crippen LogP contribution in [0.3, 0.4) is 0 Å². The van der Waals surface area contributed by atoms with Gasteiger partial charge in [0.05, 0.1) is 28.4 Å². The fourth-order valence-corrected chi connectivity index (χ4v) is 10.0. The standard InChI is InChI=1S/C41H47N3O7S2/c1-44(25-32-27-9-12-30(32)35(23-27)51-40(48)41(49,36-5-2-21-52-36)37-6-3-22-53-37)19-4-20-50-28-10-7-26(8-11-28)17-18-42-24-34(46)29-13-15-33(45)39-31(29)14-16-38(47)43-39/h2-3,5-8,10-11,13-16,21-22,27,30,32,34-35,42,45-46,49H,4,9,12,17-20,23-25H2,1H3,(H,43,47)/p+1/t27?,30?,32?,34-,35?/m0/s1. The zero-order chi connectivity index (χ0) is 37.0. The zero-order valence-electron chi connectivity index (χ0n) is 29.9. The van der Waals surface area contributed by atoms with Crippen molar-refractivity contribution >= 4 is 39.5 Å². The van der Waals surface area contributed by atoms with Crippen LogP contribution in [0.2, 0.25) is 0 Å². The van der Waals surface area contributed by atoms with Crippen LogP contribution in [0.5, 0.6) is 11.5 Å². The first-order valence-corrected chi connectivity index (χ1v) is 20.2. The second kappa shape index (κ2) is 16.5. The second-order valence-electron chi connectivity index (χ2n) is 14.5. The van der Waals surface area contributed by atoms with E-state index in [9.17, 15) is 24.9 Å². The number of pyridine rings is 1. The van der Waals surface area contributed by atoms with Crippen LogP contribution in [0.15, 0.2) is 88.4 Å². The summed E-state index contributed by atoms with van der Waals surface area (Å²) in [6.45, 7) is 3.75. The van der Waals surface area contributed by atoms with Gasteiger partial charge in [-0.3, -0.25) is 4.79 Å². The number of H-pyrrole nitrogens is 1. The third-order valence-electron chi connectivity index (χ3n) is 11.0. The Hall–Kier alpha value is -4.04. The van der Waals surface area contributed by atoms with E-state index in [-0.39, 0.29) is 17.4 Å². The predicted molar refractivity (Wildman–Crippen MR) is 206 cm³/mol. The van der Waals surface area contributed by atoms with Gasteiger partial charge < -0.3 is 40.0 Å².